The smallest absolute Gasteiger partial charge is 0.256 e. The maximum atomic E-state index is 13.7. The lowest BCUT2D eigenvalue weighted by Gasteiger charge is -2.34. The van der Waals surface area contributed by atoms with Crippen LogP contribution in [0.3, 0.4) is 0 Å². The molecule has 7 rings (SSSR count). The van der Waals surface area contributed by atoms with Gasteiger partial charge in [-0.15, -0.1) is 0 Å². The molecule has 0 aliphatic carbocycles. The molecule has 1 aromatic heterocycles. The van der Waals surface area contributed by atoms with Crippen LogP contribution in [0.1, 0.15) is 45.5 Å². The van der Waals surface area contributed by atoms with E-state index in [1.807, 2.05) is 54.6 Å². The zero-order valence-corrected chi connectivity index (χ0v) is 28.1. The Morgan fingerprint density at radius 2 is 1.49 bits per heavy atom. The molecule has 3 heterocycles. The van der Waals surface area contributed by atoms with E-state index in [-0.39, 0.29) is 23.8 Å². The van der Waals surface area contributed by atoms with Crippen LogP contribution in [-0.4, -0.2) is 76.5 Å². The number of fused-ring (bicyclic) bond motifs is 1. The summed E-state index contributed by atoms with van der Waals surface area (Å²) in [5.41, 5.74) is 5.86. The summed E-state index contributed by atoms with van der Waals surface area (Å²) in [6.07, 6.45) is 2.07. The normalized spacial score (nSPS) is 17.0. The summed E-state index contributed by atoms with van der Waals surface area (Å²) in [5, 5.41) is 16.4. The molecule has 0 saturated carbocycles. The topological polar surface area (TPSA) is 122 Å². The summed E-state index contributed by atoms with van der Waals surface area (Å²) in [6, 6.07) is 24.4. The van der Waals surface area contributed by atoms with Gasteiger partial charge in [-0.3, -0.25) is 29.7 Å². The van der Waals surface area contributed by atoms with Crippen LogP contribution < -0.4 is 16.0 Å². The van der Waals surface area contributed by atoms with Crippen molar-refractivity contribution in [1.82, 2.24) is 25.3 Å². The van der Waals surface area contributed by atoms with E-state index in [0.29, 0.717) is 41.6 Å². The standard InChI is InChI=1S/C39H39F2N7O3/c40-30-20-28(21-31(41)23-30)19-27-5-10-34-33(22-27)37(46-45-34)44-38(50)29-6-1-25(2-7-29)13-14-47-15-17-48(18-16-47)24-26-3-8-32(9-4-26)42-35-11-12-36(49)43-39(35)51/h1-10,20-23,35,42H,11-19,24H2,(H,43,49,51)(H2,44,45,46,50). The Kier molecular flexibility index (Phi) is 10.1. The molecule has 51 heavy (non-hydrogen) atoms. The van der Waals surface area contributed by atoms with Crippen molar-refractivity contribution in [3.63, 3.8) is 0 Å². The first-order chi connectivity index (χ1) is 24.7. The van der Waals surface area contributed by atoms with E-state index in [1.54, 1.807) is 0 Å². The maximum absolute atomic E-state index is 13.7. The van der Waals surface area contributed by atoms with Gasteiger partial charge in [0.05, 0.1) is 5.52 Å². The van der Waals surface area contributed by atoms with Gasteiger partial charge >= 0.3 is 0 Å². The summed E-state index contributed by atoms with van der Waals surface area (Å²) >= 11 is 0. The van der Waals surface area contributed by atoms with Gasteiger partial charge in [0.15, 0.2) is 5.82 Å². The fourth-order valence-electron chi connectivity index (χ4n) is 6.67. The first kappa shape index (κ1) is 34.0. The number of imide groups is 1. The number of aromatic nitrogens is 2. The highest BCUT2D eigenvalue weighted by Crippen LogP contribution is 2.25. The van der Waals surface area contributed by atoms with Crippen LogP contribution in [0.4, 0.5) is 20.3 Å². The van der Waals surface area contributed by atoms with E-state index in [4.69, 9.17) is 0 Å². The summed E-state index contributed by atoms with van der Waals surface area (Å²) in [5.74, 6) is -1.61. The quantitative estimate of drug-likeness (QED) is 0.140. The average molecular weight is 692 g/mol. The molecule has 2 fully saturated rings. The van der Waals surface area contributed by atoms with Gasteiger partial charge in [-0.1, -0.05) is 30.3 Å². The number of rotatable bonds is 11. The Balaban J connectivity index is 0.856. The predicted molar refractivity (Wildman–Crippen MR) is 191 cm³/mol. The molecule has 4 N–H and O–H groups in total. The number of nitrogens with zero attached hydrogens (tertiary/aromatic N) is 3. The Labute approximate surface area is 294 Å². The van der Waals surface area contributed by atoms with Gasteiger partial charge in [0.2, 0.25) is 11.8 Å². The SMILES string of the molecule is O=C1CCC(Nc2ccc(CN3CCN(CCc4ccc(C(=O)Nc5n[nH]c6ccc(Cc7cc(F)cc(F)c7)cc56)cc4)CC3)cc2)C(=O)N1. The molecule has 3 amide bonds. The van der Waals surface area contributed by atoms with Crippen LogP contribution in [-0.2, 0) is 29.0 Å². The number of amides is 3. The molecule has 2 aliphatic rings. The third kappa shape index (κ3) is 8.65. The van der Waals surface area contributed by atoms with Crippen molar-refractivity contribution < 1.29 is 23.2 Å². The Morgan fingerprint density at radius 1 is 0.804 bits per heavy atom. The highest BCUT2D eigenvalue weighted by atomic mass is 19.1. The molecular weight excluding hydrogens is 652 g/mol. The van der Waals surface area contributed by atoms with Crippen molar-refractivity contribution in [2.24, 2.45) is 0 Å². The van der Waals surface area contributed by atoms with Crippen molar-refractivity contribution >= 4 is 40.1 Å². The third-order valence-corrected chi connectivity index (χ3v) is 9.53. The number of nitrogens with one attached hydrogen (secondary N) is 4. The van der Waals surface area contributed by atoms with E-state index in [9.17, 15) is 23.2 Å². The number of hydrogen-bond donors (Lipinski definition) is 4. The molecule has 10 nitrogen and oxygen atoms in total. The van der Waals surface area contributed by atoms with Crippen molar-refractivity contribution in [1.29, 1.82) is 0 Å². The number of benzene rings is 4. The maximum Gasteiger partial charge on any atom is 0.256 e. The highest BCUT2D eigenvalue weighted by Gasteiger charge is 2.26. The monoisotopic (exact) mass is 691 g/mol. The van der Waals surface area contributed by atoms with Crippen LogP contribution in [0.25, 0.3) is 10.9 Å². The number of piperidine rings is 1. The van der Waals surface area contributed by atoms with Gasteiger partial charge in [0.25, 0.3) is 5.91 Å². The van der Waals surface area contributed by atoms with Gasteiger partial charge in [-0.05, 0) is 90.0 Å². The summed E-state index contributed by atoms with van der Waals surface area (Å²) in [6.45, 7) is 5.71. The Bertz CT molecular complexity index is 2020. The lowest BCUT2D eigenvalue weighted by atomic mass is 10.0. The zero-order chi connectivity index (χ0) is 35.3. The molecule has 1 unspecified atom stereocenters. The molecule has 12 heteroatoms. The largest absolute Gasteiger partial charge is 0.374 e. The molecule has 4 aromatic carbocycles. The third-order valence-electron chi connectivity index (χ3n) is 9.53. The van der Waals surface area contributed by atoms with Crippen LogP contribution in [0.15, 0.2) is 84.9 Å². The number of carbonyl (C=O) groups excluding carboxylic acids is 3. The van der Waals surface area contributed by atoms with Gasteiger partial charge < -0.3 is 15.5 Å². The number of aromatic amines is 1. The van der Waals surface area contributed by atoms with Crippen LogP contribution in [0.2, 0.25) is 0 Å². The number of piperazine rings is 1. The number of H-pyrrole nitrogens is 1. The van der Waals surface area contributed by atoms with E-state index >= 15 is 0 Å². The minimum absolute atomic E-state index is 0.218. The Hall–Kier alpha value is -5.46. The fourth-order valence-corrected chi connectivity index (χ4v) is 6.67. The molecule has 0 radical (unpaired) electrons. The molecule has 0 bridgehead atoms. The van der Waals surface area contributed by atoms with Crippen molar-refractivity contribution in [2.45, 2.75) is 38.3 Å². The van der Waals surface area contributed by atoms with Gasteiger partial charge in [-0.25, -0.2) is 8.78 Å². The zero-order valence-electron chi connectivity index (χ0n) is 28.1. The van der Waals surface area contributed by atoms with Crippen molar-refractivity contribution in [3.05, 3.63) is 124 Å². The van der Waals surface area contributed by atoms with Crippen LogP contribution >= 0.6 is 0 Å². The number of carbonyl (C=O) groups is 3. The van der Waals surface area contributed by atoms with Gasteiger partial charge in [-0.2, -0.15) is 5.10 Å². The lowest BCUT2D eigenvalue weighted by molar-refractivity contribution is -0.133. The van der Waals surface area contributed by atoms with Crippen molar-refractivity contribution in [3.8, 4) is 0 Å². The second-order valence-electron chi connectivity index (χ2n) is 13.3. The molecule has 2 saturated heterocycles. The van der Waals surface area contributed by atoms with E-state index < -0.39 is 11.6 Å². The molecule has 262 valence electrons. The van der Waals surface area contributed by atoms with Crippen LogP contribution in [0, 0.1) is 11.6 Å². The second-order valence-corrected chi connectivity index (χ2v) is 13.3. The average Bonchev–Trinajstić information content (AvgIpc) is 3.51. The molecule has 2 aliphatic heterocycles. The highest BCUT2D eigenvalue weighted by molar-refractivity contribution is 6.08. The summed E-state index contributed by atoms with van der Waals surface area (Å²) < 4.78 is 27.4. The minimum Gasteiger partial charge on any atom is -0.374 e. The molecular formula is C39H39F2N7O3. The fraction of sp³-hybridized carbons (Fsp3) is 0.282. The first-order valence-corrected chi connectivity index (χ1v) is 17.2. The van der Waals surface area contributed by atoms with E-state index in [2.05, 4.69) is 48.1 Å². The first-order valence-electron chi connectivity index (χ1n) is 17.2. The van der Waals surface area contributed by atoms with Gasteiger partial charge in [0.1, 0.15) is 17.7 Å². The van der Waals surface area contributed by atoms with Crippen molar-refractivity contribution in [2.75, 3.05) is 43.4 Å². The van der Waals surface area contributed by atoms with E-state index in [0.717, 1.165) is 74.1 Å². The van der Waals surface area contributed by atoms with Crippen LogP contribution in [0.5, 0.6) is 0 Å². The minimum atomic E-state index is -0.619. The van der Waals surface area contributed by atoms with Gasteiger partial charge in [0, 0.05) is 68.4 Å². The molecule has 5 aromatic rings. The molecule has 1 atom stereocenters. The number of halogens is 2. The van der Waals surface area contributed by atoms with E-state index in [1.165, 1.54) is 17.7 Å². The summed E-state index contributed by atoms with van der Waals surface area (Å²) in [7, 11) is 0. The predicted octanol–water partition coefficient (Wildman–Crippen LogP) is 5.26. The Morgan fingerprint density at radius 3 is 2.22 bits per heavy atom. The number of hydrogen-bond acceptors (Lipinski definition) is 7. The summed E-state index contributed by atoms with van der Waals surface area (Å²) in [4.78, 5) is 41.4. The lowest BCUT2D eigenvalue weighted by Crippen LogP contribution is -2.47. The second kappa shape index (κ2) is 15.2. The molecule has 0 spiro atoms. The number of anilines is 2.